The summed E-state index contributed by atoms with van der Waals surface area (Å²) in [5.74, 6) is 7.97. The maximum Gasteiger partial charge on any atom is 0.145 e. The first-order valence-electron chi connectivity index (χ1n) is 6.73. The molecule has 102 valence electrons. The molecule has 0 saturated carbocycles. The average molecular weight is 251 g/mol. The summed E-state index contributed by atoms with van der Waals surface area (Å²) in [5, 5.41) is 0. The summed E-state index contributed by atoms with van der Waals surface area (Å²) in [4.78, 5) is 11.3. The molecule has 0 saturated heterocycles. The number of hydrogen-bond acceptors (Lipinski definition) is 5. The second kappa shape index (κ2) is 7.16. The lowest BCUT2D eigenvalue weighted by Crippen LogP contribution is -2.32. The van der Waals surface area contributed by atoms with Gasteiger partial charge in [0.2, 0.25) is 0 Å². The van der Waals surface area contributed by atoms with Crippen LogP contribution in [-0.2, 0) is 6.42 Å². The van der Waals surface area contributed by atoms with Gasteiger partial charge in [-0.25, -0.2) is 15.8 Å². The highest BCUT2D eigenvalue weighted by molar-refractivity contribution is 5.49. The van der Waals surface area contributed by atoms with Crippen molar-refractivity contribution in [2.45, 2.75) is 53.0 Å². The fraction of sp³-hybridized carbons (Fsp3) is 0.692. The van der Waals surface area contributed by atoms with E-state index in [1.165, 1.54) is 0 Å². The van der Waals surface area contributed by atoms with Crippen molar-refractivity contribution in [3.05, 3.63) is 11.9 Å². The van der Waals surface area contributed by atoms with Crippen molar-refractivity contribution < 1.29 is 0 Å². The lowest BCUT2D eigenvalue weighted by Gasteiger charge is -2.28. The summed E-state index contributed by atoms with van der Waals surface area (Å²) >= 11 is 0. The molecule has 1 aromatic rings. The fourth-order valence-corrected chi connectivity index (χ4v) is 1.92. The van der Waals surface area contributed by atoms with Crippen LogP contribution in [0, 0.1) is 0 Å². The van der Waals surface area contributed by atoms with Gasteiger partial charge in [-0.1, -0.05) is 13.8 Å². The van der Waals surface area contributed by atoms with Gasteiger partial charge in [0, 0.05) is 25.1 Å². The number of aryl methyl sites for hydroxylation is 1. The smallest absolute Gasteiger partial charge is 0.145 e. The Kier molecular flexibility index (Phi) is 5.85. The van der Waals surface area contributed by atoms with Crippen LogP contribution in [0.1, 0.15) is 46.4 Å². The Hall–Kier alpha value is -1.36. The third kappa shape index (κ3) is 3.84. The molecule has 18 heavy (non-hydrogen) atoms. The summed E-state index contributed by atoms with van der Waals surface area (Å²) in [6, 6.07) is 2.33. The Morgan fingerprint density at radius 3 is 2.50 bits per heavy atom. The Labute approximate surface area is 110 Å². The molecule has 0 unspecified atom stereocenters. The first kappa shape index (κ1) is 14.7. The number of nitrogens with one attached hydrogen (secondary N) is 1. The van der Waals surface area contributed by atoms with E-state index in [4.69, 9.17) is 5.84 Å². The van der Waals surface area contributed by atoms with E-state index in [1.54, 1.807) is 0 Å². The predicted octanol–water partition coefficient (Wildman–Crippen LogP) is 2.34. The van der Waals surface area contributed by atoms with Crippen LogP contribution in [0.5, 0.6) is 0 Å². The van der Waals surface area contributed by atoms with Gasteiger partial charge in [-0.15, -0.1) is 0 Å². The van der Waals surface area contributed by atoms with Gasteiger partial charge in [0.15, 0.2) is 0 Å². The summed E-state index contributed by atoms with van der Waals surface area (Å²) in [7, 11) is 0. The molecular formula is C13H25N5. The molecular weight excluding hydrogens is 226 g/mol. The van der Waals surface area contributed by atoms with Crippen LogP contribution in [0.4, 0.5) is 11.6 Å². The van der Waals surface area contributed by atoms with E-state index in [-0.39, 0.29) is 0 Å². The van der Waals surface area contributed by atoms with Crippen molar-refractivity contribution in [2.24, 2.45) is 5.84 Å². The van der Waals surface area contributed by atoms with Gasteiger partial charge in [-0.3, -0.25) is 0 Å². The van der Waals surface area contributed by atoms with Crippen LogP contribution >= 0.6 is 0 Å². The van der Waals surface area contributed by atoms with E-state index in [1.807, 2.05) is 6.07 Å². The number of hydrazine groups is 1. The van der Waals surface area contributed by atoms with Crippen LogP contribution in [-0.4, -0.2) is 22.6 Å². The molecule has 0 fully saturated rings. The van der Waals surface area contributed by atoms with Crippen LogP contribution in [0.3, 0.4) is 0 Å². The highest BCUT2D eigenvalue weighted by atomic mass is 15.3. The molecule has 3 N–H and O–H groups in total. The molecule has 0 spiro atoms. The minimum absolute atomic E-state index is 0.417. The van der Waals surface area contributed by atoms with Crippen molar-refractivity contribution in [2.75, 3.05) is 16.9 Å². The zero-order valence-corrected chi connectivity index (χ0v) is 11.9. The van der Waals surface area contributed by atoms with Crippen molar-refractivity contribution in [3.8, 4) is 0 Å². The van der Waals surface area contributed by atoms with Crippen LogP contribution in [0.2, 0.25) is 0 Å². The molecule has 0 aromatic carbocycles. The van der Waals surface area contributed by atoms with Gasteiger partial charge >= 0.3 is 0 Å². The fourth-order valence-electron chi connectivity index (χ4n) is 1.92. The van der Waals surface area contributed by atoms with E-state index >= 15 is 0 Å². The average Bonchev–Trinajstić information content (AvgIpc) is 2.35. The quantitative estimate of drug-likeness (QED) is 0.575. The minimum atomic E-state index is 0.417. The first-order chi connectivity index (χ1) is 8.62. The molecule has 1 heterocycles. The van der Waals surface area contributed by atoms with E-state index in [0.717, 1.165) is 37.4 Å². The zero-order chi connectivity index (χ0) is 13.5. The van der Waals surface area contributed by atoms with Crippen LogP contribution in [0.25, 0.3) is 0 Å². The van der Waals surface area contributed by atoms with E-state index in [9.17, 15) is 0 Å². The van der Waals surface area contributed by atoms with Gasteiger partial charge < -0.3 is 10.3 Å². The highest BCUT2D eigenvalue weighted by Gasteiger charge is 2.13. The topological polar surface area (TPSA) is 67.1 Å². The Morgan fingerprint density at radius 2 is 2.00 bits per heavy atom. The molecule has 0 aliphatic carbocycles. The van der Waals surface area contributed by atoms with Gasteiger partial charge in [-0.05, 0) is 26.7 Å². The number of aromatic nitrogens is 2. The standard InChI is InChI=1S/C13H25N5/c1-5-7-11-15-12(17-14)9-13(16-11)18(8-6-2)10(3)4/h9-10H,5-8,14H2,1-4H3,(H,15,16,17). The number of rotatable bonds is 7. The number of hydrogen-bond donors (Lipinski definition) is 2. The molecule has 0 aliphatic heterocycles. The van der Waals surface area contributed by atoms with Gasteiger partial charge in [0.25, 0.3) is 0 Å². The molecule has 0 bridgehead atoms. The summed E-state index contributed by atoms with van der Waals surface area (Å²) in [5.41, 5.74) is 2.62. The molecule has 0 aliphatic rings. The largest absolute Gasteiger partial charge is 0.354 e. The third-order valence-electron chi connectivity index (χ3n) is 2.76. The first-order valence-corrected chi connectivity index (χ1v) is 6.73. The molecule has 0 amide bonds. The van der Waals surface area contributed by atoms with Crippen LogP contribution < -0.4 is 16.2 Å². The number of nitrogens with zero attached hydrogens (tertiary/aromatic N) is 3. The number of anilines is 2. The van der Waals surface area contributed by atoms with Gasteiger partial charge in [-0.2, -0.15) is 0 Å². The maximum atomic E-state index is 5.48. The molecule has 0 atom stereocenters. The van der Waals surface area contributed by atoms with E-state index < -0.39 is 0 Å². The Balaban J connectivity index is 3.07. The third-order valence-corrected chi connectivity index (χ3v) is 2.76. The van der Waals surface area contributed by atoms with E-state index in [0.29, 0.717) is 11.9 Å². The molecule has 5 heteroatoms. The predicted molar refractivity (Wildman–Crippen MR) is 76.6 cm³/mol. The van der Waals surface area contributed by atoms with Gasteiger partial charge in [0.1, 0.15) is 17.5 Å². The summed E-state index contributed by atoms with van der Waals surface area (Å²) < 4.78 is 0. The lowest BCUT2D eigenvalue weighted by atomic mass is 10.2. The summed E-state index contributed by atoms with van der Waals surface area (Å²) in [6.07, 6.45) is 3.00. The van der Waals surface area contributed by atoms with Gasteiger partial charge in [0.05, 0.1) is 0 Å². The van der Waals surface area contributed by atoms with Crippen molar-refractivity contribution in [1.29, 1.82) is 0 Å². The van der Waals surface area contributed by atoms with Crippen LogP contribution in [0.15, 0.2) is 6.07 Å². The molecule has 1 aromatic heterocycles. The van der Waals surface area contributed by atoms with E-state index in [2.05, 4.69) is 48.0 Å². The zero-order valence-electron chi connectivity index (χ0n) is 11.9. The number of nitrogen functional groups attached to an aromatic ring is 1. The highest BCUT2D eigenvalue weighted by Crippen LogP contribution is 2.18. The monoisotopic (exact) mass is 251 g/mol. The maximum absolute atomic E-state index is 5.48. The Morgan fingerprint density at radius 1 is 1.28 bits per heavy atom. The van der Waals surface area contributed by atoms with Crippen molar-refractivity contribution in [1.82, 2.24) is 9.97 Å². The second-order valence-electron chi connectivity index (χ2n) is 4.71. The van der Waals surface area contributed by atoms with Crippen molar-refractivity contribution >= 4 is 11.6 Å². The Bertz CT molecular complexity index is 364. The normalized spacial score (nSPS) is 10.8. The number of nitrogens with two attached hydrogens (primary N) is 1. The lowest BCUT2D eigenvalue weighted by molar-refractivity contribution is 0.657. The summed E-state index contributed by atoms with van der Waals surface area (Å²) in [6.45, 7) is 9.63. The molecule has 1 rings (SSSR count). The second-order valence-corrected chi connectivity index (χ2v) is 4.71. The molecule has 0 radical (unpaired) electrons. The minimum Gasteiger partial charge on any atom is -0.354 e. The molecule has 5 nitrogen and oxygen atoms in total. The SMILES string of the molecule is CCCc1nc(NN)cc(N(CCC)C(C)C)n1. The van der Waals surface area contributed by atoms with Crippen molar-refractivity contribution in [3.63, 3.8) is 0 Å².